The van der Waals surface area contributed by atoms with Crippen LogP contribution in [0.2, 0.25) is 0 Å². The molecule has 3 N–H and O–H groups in total. The van der Waals surface area contributed by atoms with Gasteiger partial charge in [0.15, 0.2) is 5.76 Å². The van der Waals surface area contributed by atoms with Crippen molar-refractivity contribution in [3.8, 4) is 5.75 Å². The van der Waals surface area contributed by atoms with Crippen molar-refractivity contribution in [2.45, 2.75) is 38.5 Å². The van der Waals surface area contributed by atoms with Crippen LogP contribution in [-0.4, -0.2) is 33.8 Å². The Bertz CT molecular complexity index is 2190. The van der Waals surface area contributed by atoms with E-state index in [2.05, 4.69) is 23.8 Å². The summed E-state index contributed by atoms with van der Waals surface area (Å²) < 4.78 is 6.01. The number of aromatic nitrogens is 1. The average Bonchev–Trinajstić information content (AvgIpc) is 3.75. The first kappa shape index (κ1) is 28.7. The fraction of sp³-hybridized carbons (Fsp3) is 0.189. The number of alkyl halides is 1. The molecule has 8 heteroatoms. The predicted molar refractivity (Wildman–Crippen MR) is 182 cm³/mol. The number of aryl methyl sites for hydroxylation is 1. The molecule has 1 aliphatic rings. The van der Waals surface area contributed by atoms with E-state index in [-0.39, 0.29) is 34.6 Å². The van der Waals surface area contributed by atoms with Crippen molar-refractivity contribution in [2.24, 2.45) is 0 Å². The number of anilines is 2. The molecule has 3 heterocycles. The Morgan fingerprint density at radius 1 is 1.09 bits per heavy atom. The molecule has 7 rings (SSSR count). The highest BCUT2D eigenvalue weighted by Gasteiger charge is 2.38. The minimum absolute atomic E-state index is 0.107. The number of benzene rings is 4. The van der Waals surface area contributed by atoms with Gasteiger partial charge in [0.1, 0.15) is 17.0 Å². The lowest BCUT2D eigenvalue weighted by Crippen LogP contribution is -2.30. The van der Waals surface area contributed by atoms with Crippen molar-refractivity contribution in [1.29, 1.82) is 0 Å². The molecule has 6 aromatic rings. The molecule has 2 atom stereocenters. The van der Waals surface area contributed by atoms with E-state index >= 15 is 0 Å². The van der Waals surface area contributed by atoms with Gasteiger partial charge in [-0.25, -0.2) is 0 Å². The molecule has 0 saturated heterocycles. The maximum absolute atomic E-state index is 13.9. The summed E-state index contributed by atoms with van der Waals surface area (Å²) >= 11 is 6.66. The maximum atomic E-state index is 13.9. The minimum Gasteiger partial charge on any atom is -0.507 e. The second kappa shape index (κ2) is 10.9. The quantitative estimate of drug-likeness (QED) is 0.162. The zero-order valence-corrected chi connectivity index (χ0v) is 26.0. The first-order chi connectivity index (χ1) is 21.6. The van der Waals surface area contributed by atoms with Crippen molar-refractivity contribution in [3.63, 3.8) is 0 Å². The number of hydrogen-bond acceptors (Lipinski definition) is 4. The summed E-state index contributed by atoms with van der Waals surface area (Å²) in [5.41, 5.74) is 7.03. The Balaban J connectivity index is 1.18. The van der Waals surface area contributed by atoms with Crippen molar-refractivity contribution in [2.75, 3.05) is 16.8 Å². The average molecular weight is 618 g/mol. The highest BCUT2D eigenvalue weighted by atomic mass is 35.5. The van der Waals surface area contributed by atoms with Crippen LogP contribution in [-0.2, 0) is 0 Å². The number of aromatic hydroxyl groups is 1. The predicted octanol–water partition coefficient (Wildman–Crippen LogP) is 9.13. The van der Waals surface area contributed by atoms with Crippen LogP contribution in [0.5, 0.6) is 5.75 Å². The van der Waals surface area contributed by atoms with Gasteiger partial charge in [0.05, 0.1) is 11.2 Å². The van der Waals surface area contributed by atoms with Crippen LogP contribution in [0, 0.1) is 6.92 Å². The van der Waals surface area contributed by atoms with E-state index in [1.807, 2.05) is 56.3 Å². The fourth-order valence-electron chi connectivity index (χ4n) is 6.42. The van der Waals surface area contributed by atoms with Gasteiger partial charge in [-0.15, -0.1) is 11.6 Å². The Hall–Kier alpha value is -5.01. The van der Waals surface area contributed by atoms with E-state index in [4.69, 9.17) is 16.0 Å². The normalized spacial score (nSPS) is 15.1. The molecule has 2 amide bonds. The Labute approximate surface area is 265 Å². The molecule has 0 aliphatic carbocycles. The Morgan fingerprint density at radius 2 is 1.91 bits per heavy atom. The highest BCUT2D eigenvalue weighted by Crippen LogP contribution is 2.47. The number of aromatic amines is 1. The monoisotopic (exact) mass is 617 g/mol. The molecule has 1 aliphatic heterocycles. The van der Waals surface area contributed by atoms with Crippen LogP contribution in [0.4, 0.5) is 11.4 Å². The molecular formula is C37H32ClN3O4. The molecule has 0 spiro atoms. The van der Waals surface area contributed by atoms with E-state index in [9.17, 15) is 14.7 Å². The number of furan rings is 1. The van der Waals surface area contributed by atoms with Gasteiger partial charge in [-0.1, -0.05) is 55.5 Å². The summed E-state index contributed by atoms with van der Waals surface area (Å²) in [4.78, 5) is 32.0. The van der Waals surface area contributed by atoms with Crippen LogP contribution in [0.1, 0.15) is 63.9 Å². The number of hydrogen-bond donors (Lipinski definition) is 3. The summed E-state index contributed by atoms with van der Waals surface area (Å²) in [7, 11) is 0. The number of nitrogens with one attached hydrogen (secondary N) is 2. The Kier molecular flexibility index (Phi) is 6.94. The first-order valence-electron chi connectivity index (χ1n) is 15.0. The van der Waals surface area contributed by atoms with Gasteiger partial charge in [0, 0.05) is 51.3 Å². The van der Waals surface area contributed by atoms with Crippen molar-refractivity contribution >= 4 is 73.0 Å². The van der Waals surface area contributed by atoms with Crippen LogP contribution in [0.25, 0.3) is 38.2 Å². The van der Waals surface area contributed by atoms with Gasteiger partial charge in [-0.3, -0.25) is 9.59 Å². The number of amides is 2. The third-order valence-corrected chi connectivity index (χ3v) is 9.13. The number of halogens is 1. The zero-order chi connectivity index (χ0) is 31.6. The second-order valence-corrected chi connectivity index (χ2v) is 12.5. The summed E-state index contributed by atoms with van der Waals surface area (Å²) in [6, 6.07) is 22.2. The summed E-state index contributed by atoms with van der Waals surface area (Å²) in [5, 5.41) is 16.8. The molecule has 226 valence electrons. The number of para-hydroxylation sites is 1. The number of carbonyl (C=O) groups is 2. The number of phenolic OH excluding ortho intramolecular Hbond substituents is 1. The van der Waals surface area contributed by atoms with Gasteiger partial charge >= 0.3 is 0 Å². The summed E-state index contributed by atoms with van der Waals surface area (Å²) in [6.45, 7) is 10.5. The molecular weight excluding hydrogens is 586 g/mol. The number of rotatable bonds is 6. The van der Waals surface area contributed by atoms with Crippen molar-refractivity contribution in [1.82, 2.24) is 4.98 Å². The molecule has 0 bridgehead atoms. The SMILES string of the molecule is C=C(CC)c1cccc2cc(C(=O)Nc3ccc4oc(C(=O)N5C[C@@H](C(C)Cl)c6c5cc(O)c5ccc(C)cc65)cc4c3)[nH]c12. The van der Waals surface area contributed by atoms with Crippen molar-refractivity contribution < 1.29 is 19.1 Å². The van der Waals surface area contributed by atoms with Crippen molar-refractivity contribution in [3.05, 3.63) is 108 Å². The summed E-state index contributed by atoms with van der Waals surface area (Å²) in [5.74, 6) is -0.466. The van der Waals surface area contributed by atoms with Crippen LogP contribution in [0.15, 0.2) is 83.8 Å². The molecule has 7 nitrogen and oxygen atoms in total. The maximum Gasteiger partial charge on any atom is 0.294 e. The largest absolute Gasteiger partial charge is 0.507 e. The topological polar surface area (TPSA) is 98.6 Å². The van der Waals surface area contributed by atoms with E-state index < -0.39 is 0 Å². The lowest BCUT2D eigenvalue weighted by atomic mass is 9.91. The number of allylic oxidation sites excluding steroid dienone is 1. The lowest BCUT2D eigenvalue weighted by molar-refractivity contribution is 0.0962. The second-order valence-electron chi connectivity index (χ2n) is 11.8. The third-order valence-electron chi connectivity index (χ3n) is 8.82. The zero-order valence-electron chi connectivity index (χ0n) is 25.2. The van der Waals surface area contributed by atoms with Gasteiger partial charge in [0.2, 0.25) is 0 Å². The summed E-state index contributed by atoms with van der Waals surface area (Å²) in [6.07, 6.45) is 0.810. The number of phenols is 1. The first-order valence-corrected chi connectivity index (χ1v) is 15.4. The standard InChI is InChI=1S/C37H32ClN3O4/c1-5-20(3)25-8-6-7-22-15-29(40-35(22)25)36(43)39-24-10-12-32-23(14-24)16-33(45-32)37(44)41-18-28(21(4)38)34-27-13-19(2)9-11-26(27)31(42)17-30(34)41/h6-17,21,28,40,42H,3,5,18H2,1-2,4H3,(H,39,43)/t21?,28-/m0/s1. The molecule has 0 fully saturated rings. The number of H-pyrrole nitrogens is 1. The molecule has 2 aromatic heterocycles. The Morgan fingerprint density at radius 3 is 2.69 bits per heavy atom. The third kappa shape index (κ3) is 4.84. The molecule has 4 aromatic carbocycles. The van der Waals surface area contributed by atoms with Crippen LogP contribution in [0.3, 0.4) is 0 Å². The van der Waals surface area contributed by atoms with E-state index in [0.717, 1.165) is 50.4 Å². The number of nitrogens with zero attached hydrogens (tertiary/aromatic N) is 1. The smallest absolute Gasteiger partial charge is 0.294 e. The van der Waals surface area contributed by atoms with Gasteiger partial charge < -0.3 is 24.7 Å². The molecule has 0 saturated carbocycles. The van der Waals surface area contributed by atoms with Crippen LogP contribution >= 0.6 is 11.6 Å². The number of carbonyl (C=O) groups excluding carboxylic acids is 2. The minimum atomic E-state index is -0.327. The molecule has 45 heavy (non-hydrogen) atoms. The van der Waals surface area contributed by atoms with Crippen LogP contribution < -0.4 is 10.2 Å². The van der Waals surface area contributed by atoms with E-state index in [0.29, 0.717) is 34.6 Å². The van der Waals surface area contributed by atoms with E-state index in [1.165, 1.54) is 0 Å². The van der Waals surface area contributed by atoms with Gasteiger partial charge in [-0.2, -0.15) is 0 Å². The van der Waals surface area contributed by atoms with Gasteiger partial charge in [-0.05, 0) is 67.1 Å². The van der Waals surface area contributed by atoms with E-state index in [1.54, 1.807) is 35.2 Å². The lowest BCUT2D eigenvalue weighted by Gasteiger charge is -2.17. The fourth-order valence-corrected chi connectivity index (χ4v) is 6.62. The molecule has 0 radical (unpaired) electrons. The highest BCUT2D eigenvalue weighted by molar-refractivity contribution is 6.22. The van der Waals surface area contributed by atoms with Gasteiger partial charge in [0.25, 0.3) is 11.8 Å². The number of fused-ring (bicyclic) bond motifs is 5. The molecule has 1 unspecified atom stereocenters.